The molecule has 0 radical (unpaired) electrons. The molecule has 0 nitrogen and oxygen atoms in total. The van der Waals surface area contributed by atoms with Crippen molar-refractivity contribution in [1.82, 2.24) is 0 Å². The van der Waals surface area contributed by atoms with Gasteiger partial charge in [-0.2, -0.15) is 0 Å². The summed E-state index contributed by atoms with van der Waals surface area (Å²) < 4.78 is 0. The second-order valence-corrected chi connectivity index (χ2v) is 2.03. The van der Waals surface area contributed by atoms with E-state index in [4.69, 9.17) is 0 Å². The summed E-state index contributed by atoms with van der Waals surface area (Å²) in [4.78, 5) is 1.92. The summed E-state index contributed by atoms with van der Waals surface area (Å²) in [6, 6.07) is 0. The van der Waals surface area contributed by atoms with Gasteiger partial charge in [-0.15, -0.1) is 0 Å². The predicted octanol–water partition coefficient (Wildman–Crippen LogP) is 3.09. The Labute approximate surface area is 53.7 Å². The van der Waals surface area contributed by atoms with E-state index in [-0.39, 0.29) is 0 Å². The molecule has 0 aromatic heterocycles. The summed E-state index contributed by atoms with van der Waals surface area (Å²) in [6.45, 7) is 2.20. The monoisotopic (exact) mass is 162 g/mol. The Balaban J connectivity index is 2.69. The van der Waals surface area contributed by atoms with Gasteiger partial charge in [0, 0.05) is 0 Å². The van der Waals surface area contributed by atoms with Crippen molar-refractivity contribution >= 4 is 15.9 Å². The van der Waals surface area contributed by atoms with Gasteiger partial charge in [-0.25, -0.2) is 0 Å². The van der Waals surface area contributed by atoms with Gasteiger partial charge in [-0.3, -0.25) is 0 Å². The first kappa shape index (κ1) is 7.22. The molecule has 0 heterocycles. The number of rotatable bonds is 3. The molecule has 0 aliphatic heterocycles. The largest absolute Gasteiger partial charge is 0.0776 e. The Bertz CT molecular complexity index is 48.1. The van der Waals surface area contributed by atoms with Gasteiger partial charge in [0.2, 0.25) is 0 Å². The summed E-state index contributed by atoms with van der Waals surface area (Å²) >= 11 is 3.20. The highest BCUT2D eigenvalue weighted by molar-refractivity contribution is 9.11. The maximum absolute atomic E-state index is 3.20. The fraction of sp³-hybridized carbons (Fsp3) is 0.667. The lowest BCUT2D eigenvalue weighted by atomic mass is 10.3. The Kier molecular flexibility index (Phi) is 6.42. The predicted molar refractivity (Wildman–Crippen MR) is 37.6 cm³/mol. The van der Waals surface area contributed by atoms with Gasteiger partial charge in [0.25, 0.3) is 0 Å². The smallest absolute Gasteiger partial charge is 0.0229 e. The first-order chi connectivity index (χ1) is 3.41. The summed E-state index contributed by atoms with van der Waals surface area (Å²) in [5.74, 6) is 0. The van der Waals surface area contributed by atoms with Crippen molar-refractivity contribution in [2.45, 2.75) is 26.2 Å². The van der Waals surface area contributed by atoms with Crippen LogP contribution in [0.15, 0.2) is 11.1 Å². The van der Waals surface area contributed by atoms with E-state index in [1.54, 1.807) is 0 Å². The normalized spacial score (nSPS) is 10.6. The van der Waals surface area contributed by atoms with Crippen LogP contribution in [0.1, 0.15) is 26.2 Å². The van der Waals surface area contributed by atoms with Crippen LogP contribution in [0.2, 0.25) is 0 Å². The third-order valence-corrected chi connectivity index (χ3v) is 1.19. The molecule has 0 saturated carbocycles. The zero-order chi connectivity index (χ0) is 5.54. The molecule has 0 aromatic rings. The third kappa shape index (κ3) is 6.22. The molecule has 0 bridgehead atoms. The second-order valence-electron chi connectivity index (χ2n) is 1.50. The molecule has 0 N–H and O–H groups in total. The first-order valence-corrected chi connectivity index (χ1v) is 3.58. The van der Waals surface area contributed by atoms with Crippen molar-refractivity contribution in [2.24, 2.45) is 0 Å². The Hall–Kier alpha value is 0.220. The fourth-order valence-corrected chi connectivity index (χ4v) is 0.649. The highest BCUT2D eigenvalue weighted by atomic mass is 79.9. The fourth-order valence-electron chi connectivity index (χ4n) is 0.385. The van der Waals surface area contributed by atoms with Gasteiger partial charge in [0.05, 0.1) is 0 Å². The maximum atomic E-state index is 3.20. The Morgan fingerprint density at radius 1 is 1.57 bits per heavy atom. The molecule has 7 heavy (non-hydrogen) atoms. The van der Waals surface area contributed by atoms with Crippen LogP contribution in [-0.4, -0.2) is 0 Å². The lowest BCUT2D eigenvalue weighted by Gasteiger charge is -1.83. The molecule has 0 saturated heterocycles. The van der Waals surface area contributed by atoms with Crippen LogP contribution in [0.3, 0.4) is 0 Å². The lowest BCUT2D eigenvalue weighted by Crippen LogP contribution is -1.62. The van der Waals surface area contributed by atoms with Crippen LogP contribution in [0.4, 0.5) is 0 Å². The molecule has 0 rings (SSSR count). The number of hydrogen-bond donors (Lipinski definition) is 0. The molecule has 1 heteroatoms. The molecule has 0 unspecified atom stereocenters. The average Bonchev–Trinajstić information content (AvgIpc) is 1.69. The number of hydrogen-bond acceptors (Lipinski definition) is 0. The van der Waals surface area contributed by atoms with Gasteiger partial charge in [0.1, 0.15) is 0 Å². The third-order valence-electron chi connectivity index (χ3n) is 0.813. The SMILES string of the molecule is CCCC/C=C\Br. The Morgan fingerprint density at radius 2 is 2.29 bits per heavy atom. The topological polar surface area (TPSA) is 0 Å². The van der Waals surface area contributed by atoms with Gasteiger partial charge < -0.3 is 0 Å². The van der Waals surface area contributed by atoms with Crippen molar-refractivity contribution in [3.05, 3.63) is 11.1 Å². The molecular weight excluding hydrogens is 152 g/mol. The average molecular weight is 163 g/mol. The van der Waals surface area contributed by atoms with Crippen LogP contribution in [0, 0.1) is 0 Å². The molecule has 0 fully saturated rings. The number of allylic oxidation sites excluding steroid dienone is 1. The first-order valence-electron chi connectivity index (χ1n) is 2.67. The molecule has 0 amide bonds. The van der Waals surface area contributed by atoms with Crippen molar-refractivity contribution in [1.29, 1.82) is 0 Å². The minimum Gasteiger partial charge on any atom is -0.0776 e. The second kappa shape index (κ2) is 6.22. The van der Waals surface area contributed by atoms with Crippen LogP contribution in [0.5, 0.6) is 0 Å². The maximum Gasteiger partial charge on any atom is -0.0229 e. The van der Waals surface area contributed by atoms with Crippen LogP contribution < -0.4 is 0 Å². The van der Waals surface area contributed by atoms with Crippen molar-refractivity contribution < 1.29 is 0 Å². The molecular formula is C6H11Br. The minimum absolute atomic E-state index is 1.21. The van der Waals surface area contributed by atoms with Gasteiger partial charge >= 0.3 is 0 Å². The summed E-state index contributed by atoms with van der Waals surface area (Å²) in [5, 5.41) is 0. The zero-order valence-electron chi connectivity index (χ0n) is 4.65. The summed E-state index contributed by atoms with van der Waals surface area (Å²) in [6.07, 6.45) is 5.94. The van der Waals surface area contributed by atoms with E-state index in [9.17, 15) is 0 Å². The number of halogens is 1. The van der Waals surface area contributed by atoms with E-state index in [1.807, 2.05) is 4.99 Å². The number of unbranched alkanes of at least 4 members (excludes halogenated alkanes) is 2. The van der Waals surface area contributed by atoms with Crippen molar-refractivity contribution in [2.75, 3.05) is 0 Å². The molecule has 0 aromatic carbocycles. The standard InChI is InChI=1S/C6H11Br/c1-2-3-4-5-6-7/h5-6H,2-4H2,1H3/b6-5-. The van der Waals surface area contributed by atoms with E-state index in [2.05, 4.69) is 28.9 Å². The van der Waals surface area contributed by atoms with Gasteiger partial charge in [-0.1, -0.05) is 41.8 Å². The minimum atomic E-state index is 1.21. The lowest BCUT2D eigenvalue weighted by molar-refractivity contribution is 0.815. The summed E-state index contributed by atoms with van der Waals surface area (Å²) in [5.41, 5.74) is 0. The van der Waals surface area contributed by atoms with E-state index >= 15 is 0 Å². The molecule has 0 atom stereocenters. The van der Waals surface area contributed by atoms with E-state index in [0.29, 0.717) is 0 Å². The van der Waals surface area contributed by atoms with Gasteiger partial charge in [0.15, 0.2) is 0 Å². The van der Waals surface area contributed by atoms with Crippen LogP contribution in [0.25, 0.3) is 0 Å². The highest BCUT2D eigenvalue weighted by Crippen LogP contribution is 1.95. The van der Waals surface area contributed by atoms with E-state index < -0.39 is 0 Å². The molecule has 0 aliphatic rings. The molecule has 42 valence electrons. The Morgan fingerprint density at radius 3 is 2.71 bits per heavy atom. The van der Waals surface area contributed by atoms with Crippen LogP contribution >= 0.6 is 15.9 Å². The zero-order valence-corrected chi connectivity index (χ0v) is 6.24. The van der Waals surface area contributed by atoms with Crippen LogP contribution in [-0.2, 0) is 0 Å². The summed E-state index contributed by atoms with van der Waals surface area (Å²) in [7, 11) is 0. The molecule has 0 spiro atoms. The van der Waals surface area contributed by atoms with Gasteiger partial charge in [-0.05, 0) is 11.4 Å². The van der Waals surface area contributed by atoms with Crippen molar-refractivity contribution in [3.8, 4) is 0 Å². The van der Waals surface area contributed by atoms with E-state index in [0.717, 1.165) is 0 Å². The quantitative estimate of drug-likeness (QED) is 0.560. The molecule has 0 aliphatic carbocycles. The van der Waals surface area contributed by atoms with Crippen molar-refractivity contribution in [3.63, 3.8) is 0 Å². The highest BCUT2D eigenvalue weighted by Gasteiger charge is 1.73. The van der Waals surface area contributed by atoms with E-state index in [1.165, 1.54) is 19.3 Å².